The summed E-state index contributed by atoms with van der Waals surface area (Å²) in [5.74, 6) is 1.38. The van der Waals surface area contributed by atoms with Gasteiger partial charge in [0.15, 0.2) is 17.6 Å². The Kier molecular flexibility index (Phi) is 7.17. The van der Waals surface area contributed by atoms with Crippen LogP contribution in [0.1, 0.15) is 20.3 Å². The third-order valence-electron chi connectivity index (χ3n) is 3.19. The first kappa shape index (κ1) is 19.5. The minimum Gasteiger partial charge on any atom is -0.484 e. The molecule has 132 valence electrons. The molecule has 10 heteroatoms. The second-order valence-corrected chi connectivity index (χ2v) is 10.6. The Balaban J connectivity index is 1.75. The van der Waals surface area contributed by atoms with Gasteiger partial charge in [0.25, 0.3) is 10.1 Å². The highest BCUT2D eigenvalue weighted by Gasteiger charge is 2.28. The van der Waals surface area contributed by atoms with Gasteiger partial charge in [-0.05, 0) is 52.1 Å². The maximum atomic E-state index is 11.7. The van der Waals surface area contributed by atoms with Gasteiger partial charge in [-0.2, -0.15) is 8.42 Å². The van der Waals surface area contributed by atoms with Gasteiger partial charge in [0, 0.05) is 6.61 Å². The zero-order chi connectivity index (χ0) is 17.0. The van der Waals surface area contributed by atoms with E-state index >= 15 is 0 Å². The lowest BCUT2D eigenvalue weighted by Gasteiger charge is -2.25. The molecule has 1 aromatic rings. The highest BCUT2D eigenvalue weighted by molar-refractivity contribution is 9.12. The normalized spacial score (nSPS) is 18.9. The maximum Gasteiger partial charge on any atom is 0.270 e. The van der Waals surface area contributed by atoms with Gasteiger partial charge < -0.3 is 14.2 Å². The standard InChI is InChI=1S/C13H18Br2O6S2/c1-3-20-23(16,17)8(2)4-5-18-6-9-7-19-10-11(21-9)13(15)22-12(10)14/h8-9H,3-7H2,1-2H3. The van der Waals surface area contributed by atoms with Gasteiger partial charge in [-0.25, -0.2) is 0 Å². The average molecular weight is 494 g/mol. The molecule has 1 aromatic heterocycles. The van der Waals surface area contributed by atoms with E-state index in [2.05, 4.69) is 31.9 Å². The third-order valence-corrected chi connectivity index (χ3v) is 7.39. The summed E-state index contributed by atoms with van der Waals surface area (Å²) < 4.78 is 46.9. The first-order chi connectivity index (χ1) is 10.8. The van der Waals surface area contributed by atoms with Crippen molar-refractivity contribution in [2.45, 2.75) is 31.6 Å². The van der Waals surface area contributed by atoms with Crippen molar-refractivity contribution in [3.05, 3.63) is 7.57 Å². The zero-order valence-corrected chi connectivity index (χ0v) is 17.5. The molecule has 0 fully saturated rings. The van der Waals surface area contributed by atoms with Crippen LogP contribution in [0.5, 0.6) is 11.5 Å². The van der Waals surface area contributed by atoms with Gasteiger partial charge in [0.05, 0.1) is 18.5 Å². The number of ether oxygens (including phenoxy) is 3. The van der Waals surface area contributed by atoms with Gasteiger partial charge in [-0.3, -0.25) is 4.18 Å². The molecule has 0 amide bonds. The fourth-order valence-electron chi connectivity index (χ4n) is 1.92. The molecule has 2 heterocycles. The molecule has 1 aliphatic rings. The predicted molar refractivity (Wildman–Crippen MR) is 95.1 cm³/mol. The Morgan fingerprint density at radius 3 is 2.74 bits per heavy atom. The molecule has 0 bridgehead atoms. The van der Waals surface area contributed by atoms with E-state index in [-0.39, 0.29) is 12.7 Å². The Hall–Kier alpha value is 0.130. The predicted octanol–water partition coefficient (Wildman–Crippen LogP) is 3.57. The molecular formula is C13H18Br2O6S2. The minimum atomic E-state index is -3.50. The van der Waals surface area contributed by atoms with Crippen molar-refractivity contribution in [2.75, 3.05) is 26.4 Å². The Morgan fingerprint density at radius 1 is 1.35 bits per heavy atom. The first-order valence-corrected chi connectivity index (χ1v) is 11.0. The van der Waals surface area contributed by atoms with Crippen LogP contribution in [0.4, 0.5) is 0 Å². The molecule has 0 N–H and O–H groups in total. The summed E-state index contributed by atoms with van der Waals surface area (Å²) in [6.45, 7) is 4.45. The number of hydrogen-bond donors (Lipinski definition) is 0. The van der Waals surface area contributed by atoms with E-state index in [9.17, 15) is 8.42 Å². The van der Waals surface area contributed by atoms with Gasteiger partial charge in [0.1, 0.15) is 14.2 Å². The fourth-order valence-corrected chi connectivity index (χ4v) is 5.69. The monoisotopic (exact) mass is 492 g/mol. The largest absolute Gasteiger partial charge is 0.484 e. The quantitative estimate of drug-likeness (QED) is 0.407. The van der Waals surface area contributed by atoms with Crippen molar-refractivity contribution in [2.24, 2.45) is 0 Å². The van der Waals surface area contributed by atoms with Crippen LogP contribution in [0.25, 0.3) is 0 Å². The number of thiophene rings is 1. The molecule has 23 heavy (non-hydrogen) atoms. The van der Waals surface area contributed by atoms with Crippen LogP contribution >= 0.6 is 43.2 Å². The summed E-state index contributed by atoms with van der Waals surface area (Å²) in [4.78, 5) is 0. The average Bonchev–Trinajstić information content (AvgIpc) is 2.78. The molecule has 0 aliphatic carbocycles. The van der Waals surface area contributed by atoms with Crippen LogP contribution in [0.15, 0.2) is 7.57 Å². The van der Waals surface area contributed by atoms with E-state index in [1.54, 1.807) is 13.8 Å². The number of hydrogen-bond acceptors (Lipinski definition) is 7. The molecule has 0 saturated heterocycles. The Labute approximate surface area is 156 Å². The molecule has 6 nitrogen and oxygen atoms in total. The van der Waals surface area contributed by atoms with Crippen LogP contribution in [0.2, 0.25) is 0 Å². The third kappa shape index (κ3) is 5.05. The van der Waals surface area contributed by atoms with Crippen LogP contribution in [-0.2, 0) is 19.0 Å². The number of rotatable bonds is 8. The van der Waals surface area contributed by atoms with Gasteiger partial charge in [0.2, 0.25) is 0 Å². The van der Waals surface area contributed by atoms with Gasteiger partial charge >= 0.3 is 0 Å². The van der Waals surface area contributed by atoms with Gasteiger partial charge in [-0.1, -0.05) is 0 Å². The number of fused-ring (bicyclic) bond motifs is 1. The lowest BCUT2D eigenvalue weighted by Crippen LogP contribution is -2.33. The van der Waals surface area contributed by atoms with E-state index in [1.165, 1.54) is 11.3 Å². The van der Waals surface area contributed by atoms with E-state index in [4.69, 9.17) is 18.4 Å². The van der Waals surface area contributed by atoms with Crippen LogP contribution in [0, 0.1) is 0 Å². The summed E-state index contributed by atoms with van der Waals surface area (Å²) >= 11 is 8.34. The zero-order valence-electron chi connectivity index (χ0n) is 12.7. The van der Waals surface area contributed by atoms with Crippen molar-refractivity contribution in [1.29, 1.82) is 0 Å². The maximum absolute atomic E-state index is 11.7. The molecule has 0 spiro atoms. The molecule has 0 radical (unpaired) electrons. The second-order valence-electron chi connectivity index (χ2n) is 4.93. The summed E-state index contributed by atoms with van der Waals surface area (Å²) in [5.41, 5.74) is 0. The van der Waals surface area contributed by atoms with Crippen LogP contribution in [-0.4, -0.2) is 46.2 Å². The van der Waals surface area contributed by atoms with Crippen molar-refractivity contribution >= 4 is 53.3 Å². The molecule has 2 rings (SSSR count). The molecule has 2 unspecified atom stereocenters. The lowest BCUT2D eigenvalue weighted by molar-refractivity contribution is 0.00806. The topological polar surface area (TPSA) is 71.1 Å². The minimum absolute atomic E-state index is 0.147. The van der Waals surface area contributed by atoms with Gasteiger partial charge in [-0.15, -0.1) is 11.3 Å². The SMILES string of the molecule is CCOS(=O)(=O)C(C)CCOCC1COc2c(Br)sc(Br)c2O1. The first-order valence-electron chi connectivity index (χ1n) is 7.08. The van der Waals surface area contributed by atoms with Crippen LogP contribution in [0.3, 0.4) is 0 Å². The lowest BCUT2D eigenvalue weighted by atomic mass is 10.3. The molecular weight excluding hydrogens is 476 g/mol. The Morgan fingerprint density at radius 2 is 2.04 bits per heavy atom. The van der Waals surface area contributed by atoms with Crippen molar-refractivity contribution < 1.29 is 26.8 Å². The molecule has 0 saturated carbocycles. The summed E-state index contributed by atoms with van der Waals surface area (Å²) in [6.07, 6.45) is 0.147. The smallest absolute Gasteiger partial charge is 0.270 e. The number of halogens is 2. The molecule has 2 atom stereocenters. The molecule has 1 aliphatic heterocycles. The summed E-state index contributed by atoms with van der Waals surface area (Å²) in [6, 6.07) is 0. The molecule has 0 aromatic carbocycles. The van der Waals surface area contributed by atoms with E-state index in [0.717, 1.165) is 7.57 Å². The highest BCUT2D eigenvalue weighted by Crippen LogP contribution is 2.50. The van der Waals surface area contributed by atoms with Crippen LogP contribution < -0.4 is 9.47 Å². The van der Waals surface area contributed by atoms with E-state index < -0.39 is 15.4 Å². The van der Waals surface area contributed by atoms with E-state index in [0.29, 0.717) is 37.7 Å². The summed E-state index contributed by atoms with van der Waals surface area (Å²) in [7, 11) is -3.50. The summed E-state index contributed by atoms with van der Waals surface area (Å²) in [5, 5.41) is -0.598. The highest BCUT2D eigenvalue weighted by atomic mass is 79.9. The fraction of sp³-hybridized carbons (Fsp3) is 0.692. The van der Waals surface area contributed by atoms with Crippen molar-refractivity contribution in [3.63, 3.8) is 0 Å². The van der Waals surface area contributed by atoms with E-state index in [1.807, 2.05) is 0 Å². The van der Waals surface area contributed by atoms with Crippen molar-refractivity contribution in [1.82, 2.24) is 0 Å². The second kappa shape index (κ2) is 8.48. The van der Waals surface area contributed by atoms with Crippen molar-refractivity contribution in [3.8, 4) is 11.5 Å². The Bertz CT molecular complexity index is 631.